The highest BCUT2D eigenvalue weighted by Gasteiger charge is 2.05. The van der Waals surface area contributed by atoms with Crippen LogP contribution in [0.2, 0.25) is 6.32 Å². The molecule has 0 atom stereocenters. The number of nitrogens with zero attached hydrogens (tertiary/aromatic N) is 1. The molecule has 1 nitrogen and oxygen atoms in total. The first-order chi connectivity index (χ1) is 5.86. The van der Waals surface area contributed by atoms with Gasteiger partial charge in [-0.25, -0.2) is 0 Å². The average Bonchev–Trinajstić information content (AvgIpc) is 2.06. The van der Waals surface area contributed by atoms with Crippen molar-refractivity contribution < 1.29 is 0 Å². The van der Waals surface area contributed by atoms with E-state index in [1.807, 2.05) is 0 Å². The quantitative estimate of drug-likeness (QED) is 0.575. The van der Waals surface area contributed by atoms with Crippen LogP contribution in [0.1, 0.15) is 26.7 Å². The Balaban J connectivity index is 2.38. The molecule has 0 aromatic carbocycles. The molecule has 2 heteroatoms. The Morgan fingerprint density at radius 1 is 1.50 bits per heavy atom. The van der Waals surface area contributed by atoms with Gasteiger partial charge >= 0.3 is 0 Å². The summed E-state index contributed by atoms with van der Waals surface area (Å²) in [6, 6.07) is 0. The summed E-state index contributed by atoms with van der Waals surface area (Å²) >= 11 is 0. The molecule has 1 heterocycles. The first-order valence-corrected chi connectivity index (χ1v) is 4.97. The second kappa shape index (κ2) is 5.07. The third-order valence-corrected chi connectivity index (χ3v) is 2.12. The van der Waals surface area contributed by atoms with Crippen LogP contribution in [-0.4, -0.2) is 18.8 Å². The Hall–Kier alpha value is -0.655. The van der Waals surface area contributed by atoms with Gasteiger partial charge in [-0.05, 0) is 18.7 Å². The molecular formula is C10H18BN. The predicted octanol–water partition coefficient (Wildman–Crippen LogP) is 2.33. The van der Waals surface area contributed by atoms with Gasteiger partial charge in [0.25, 0.3) is 0 Å². The van der Waals surface area contributed by atoms with Crippen LogP contribution in [0.4, 0.5) is 0 Å². The van der Waals surface area contributed by atoms with E-state index in [0.29, 0.717) is 0 Å². The zero-order chi connectivity index (χ0) is 8.81. The van der Waals surface area contributed by atoms with E-state index < -0.39 is 0 Å². The van der Waals surface area contributed by atoms with Gasteiger partial charge in [0.15, 0.2) is 0 Å². The molecule has 12 heavy (non-hydrogen) atoms. The SMILES string of the molecule is CCBN1C=CC=C(CCC)C1. The fraction of sp³-hybridized carbons (Fsp3) is 0.600. The highest BCUT2D eigenvalue weighted by Crippen LogP contribution is 2.11. The summed E-state index contributed by atoms with van der Waals surface area (Å²) in [7, 11) is 1.19. The molecule has 0 fully saturated rings. The molecule has 0 N–H and O–H groups in total. The summed E-state index contributed by atoms with van der Waals surface area (Å²) in [4.78, 5) is 2.39. The molecule has 1 aliphatic heterocycles. The molecular weight excluding hydrogens is 145 g/mol. The van der Waals surface area contributed by atoms with Crippen molar-refractivity contribution in [2.75, 3.05) is 6.54 Å². The van der Waals surface area contributed by atoms with Gasteiger partial charge in [0.05, 0.1) is 0 Å². The molecule has 0 bridgehead atoms. The second-order valence-electron chi connectivity index (χ2n) is 3.39. The van der Waals surface area contributed by atoms with Gasteiger partial charge in [0.2, 0.25) is 7.41 Å². The summed E-state index contributed by atoms with van der Waals surface area (Å²) in [6.07, 6.45) is 10.4. The van der Waals surface area contributed by atoms with E-state index in [2.05, 4.69) is 37.0 Å². The van der Waals surface area contributed by atoms with E-state index in [0.717, 1.165) is 6.54 Å². The summed E-state index contributed by atoms with van der Waals surface area (Å²) in [5, 5.41) is 0. The Labute approximate surface area is 76.4 Å². The summed E-state index contributed by atoms with van der Waals surface area (Å²) in [5.41, 5.74) is 1.58. The van der Waals surface area contributed by atoms with Crippen molar-refractivity contribution in [1.82, 2.24) is 4.81 Å². The fourth-order valence-corrected chi connectivity index (χ4v) is 1.59. The van der Waals surface area contributed by atoms with Crippen molar-refractivity contribution in [2.24, 2.45) is 0 Å². The minimum absolute atomic E-state index is 1.15. The summed E-state index contributed by atoms with van der Waals surface area (Å²) < 4.78 is 0. The molecule has 0 aliphatic carbocycles. The average molecular weight is 163 g/mol. The van der Waals surface area contributed by atoms with Gasteiger partial charge in [-0.15, -0.1) is 0 Å². The van der Waals surface area contributed by atoms with Crippen LogP contribution < -0.4 is 0 Å². The van der Waals surface area contributed by atoms with E-state index >= 15 is 0 Å². The second-order valence-corrected chi connectivity index (χ2v) is 3.39. The van der Waals surface area contributed by atoms with Crippen molar-refractivity contribution in [2.45, 2.75) is 33.0 Å². The molecule has 1 rings (SSSR count). The number of allylic oxidation sites excluding steroid dienone is 2. The van der Waals surface area contributed by atoms with Crippen LogP contribution in [0.25, 0.3) is 0 Å². The summed E-state index contributed by atoms with van der Waals surface area (Å²) in [5.74, 6) is 0. The van der Waals surface area contributed by atoms with Crippen molar-refractivity contribution in [3.63, 3.8) is 0 Å². The molecule has 0 spiro atoms. The van der Waals surface area contributed by atoms with Gasteiger partial charge in [-0.1, -0.05) is 38.2 Å². The highest BCUT2D eigenvalue weighted by atomic mass is 15.0. The van der Waals surface area contributed by atoms with E-state index in [4.69, 9.17) is 0 Å². The first-order valence-electron chi connectivity index (χ1n) is 4.97. The molecule has 0 saturated carbocycles. The van der Waals surface area contributed by atoms with Crippen LogP contribution in [0.15, 0.2) is 23.9 Å². The molecule has 0 amide bonds. The summed E-state index contributed by atoms with van der Waals surface area (Å²) in [6.45, 7) is 5.62. The molecule has 0 aromatic rings. The Morgan fingerprint density at radius 3 is 3.00 bits per heavy atom. The van der Waals surface area contributed by atoms with Gasteiger partial charge in [-0.2, -0.15) is 0 Å². The lowest BCUT2D eigenvalue weighted by Crippen LogP contribution is -2.25. The Morgan fingerprint density at radius 2 is 2.33 bits per heavy atom. The van der Waals surface area contributed by atoms with Crippen LogP contribution >= 0.6 is 0 Å². The van der Waals surface area contributed by atoms with Gasteiger partial charge < -0.3 is 4.81 Å². The van der Waals surface area contributed by atoms with E-state index in [1.54, 1.807) is 5.57 Å². The molecule has 0 radical (unpaired) electrons. The third-order valence-electron chi connectivity index (χ3n) is 2.12. The van der Waals surface area contributed by atoms with Crippen molar-refractivity contribution in [1.29, 1.82) is 0 Å². The lowest BCUT2D eigenvalue weighted by Gasteiger charge is -2.23. The monoisotopic (exact) mass is 163 g/mol. The minimum atomic E-state index is 1.15. The highest BCUT2D eigenvalue weighted by molar-refractivity contribution is 6.32. The third kappa shape index (κ3) is 2.76. The van der Waals surface area contributed by atoms with E-state index in [-0.39, 0.29) is 0 Å². The normalized spacial score (nSPS) is 16.2. The van der Waals surface area contributed by atoms with Crippen molar-refractivity contribution >= 4 is 7.41 Å². The predicted molar refractivity (Wildman–Crippen MR) is 56.5 cm³/mol. The van der Waals surface area contributed by atoms with E-state index in [9.17, 15) is 0 Å². The van der Waals surface area contributed by atoms with Crippen molar-refractivity contribution in [3.8, 4) is 0 Å². The van der Waals surface area contributed by atoms with Crippen molar-refractivity contribution in [3.05, 3.63) is 23.9 Å². The first kappa shape index (κ1) is 9.43. The zero-order valence-electron chi connectivity index (χ0n) is 8.21. The van der Waals surface area contributed by atoms with Gasteiger partial charge in [0.1, 0.15) is 0 Å². The molecule has 66 valence electrons. The zero-order valence-corrected chi connectivity index (χ0v) is 8.21. The number of hydrogen-bond acceptors (Lipinski definition) is 1. The Bertz CT molecular complexity index is 184. The number of hydrogen-bond donors (Lipinski definition) is 0. The van der Waals surface area contributed by atoms with Crippen LogP contribution in [-0.2, 0) is 0 Å². The molecule has 1 aliphatic rings. The fourth-order valence-electron chi connectivity index (χ4n) is 1.59. The molecule has 0 aromatic heterocycles. The van der Waals surface area contributed by atoms with Crippen LogP contribution in [0, 0.1) is 0 Å². The lowest BCUT2D eigenvalue weighted by atomic mass is 9.86. The molecule has 0 saturated heterocycles. The maximum Gasteiger partial charge on any atom is 0.235 e. The Kier molecular flexibility index (Phi) is 3.99. The topological polar surface area (TPSA) is 3.24 Å². The standard InChI is InChI=1S/C10H18BN/c1-3-6-10-7-5-8-12(9-10)11-4-2/h5,7-8,11H,3-4,6,9H2,1-2H3. The van der Waals surface area contributed by atoms with Crippen LogP contribution in [0.5, 0.6) is 0 Å². The maximum atomic E-state index is 2.39. The minimum Gasteiger partial charge on any atom is -0.420 e. The lowest BCUT2D eigenvalue weighted by molar-refractivity contribution is 0.609. The smallest absolute Gasteiger partial charge is 0.235 e. The number of rotatable bonds is 4. The maximum absolute atomic E-state index is 2.39. The van der Waals surface area contributed by atoms with Crippen LogP contribution in [0.3, 0.4) is 0 Å². The largest absolute Gasteiger partial charge is 0.420 e. The van der Waals surface area contributed by atoms with E-state index in [1.165, 1.54) is 26.6 Å². The van der Waals surface area contributed by atoms with Gasteiger partial charge in [0, 0.05) is 6.54 Å². The molecule has 0 unspecified atom stereocenters. The van der Waals surface area contributed by atoms with Gasteiger partial charge in [-0.3, -0.25) is 0 Å².